The molecule has 2 aromatic carbocycles. The first-order valence-corrected chi connectivity index (χ1v) is 7.65. The molecule has 0 N–H and O–H groups in total. The van der Waals surface area contributed by atoms with E-state index in [0.717, 1.165) is 44.2 Å². The Labute approximate surface area is 139 Å². The number of rotatable bonds is 3. The van der Waals surface area contributed by atoms with Crippen LogP contribution in [-0.2, 0) is 0 Å². The van der Waals surface area contributed by atoms with Crippen molar-refractivity contribution in [1.29, 1.82) is 0 Å². The molecular formula is C20H16N2O2. The third-order valence-electron chi connectivity index (χ3n) is 4.26. The quantitative estimate of drug-likeness (QED) is 0.559. The predicted molar refractivity (Wildman–Crippen MR) is 95.6 cm³/mol. The molecule has 4 rings (SSSR count). The Kier molecular flexibility index (Phi) is 3.50. The van der Waals surface area contributed by atoms with Gasteiger partial charge in [0, 0.05) is 46.7 Å². The maximum Gasteiger partial charge on any atom is 0.127 e. The van der Waals surface area contributed by atoms with Gasteiger partial charge in [-0.25, -0.2) is 0 Å². The molecule has 0 atom stereocenters. The van der Waals surface area contributed by atoms with Crippen LogP contribution in [0.1, 0.15) is 0 Å². The van der Waals surface area contributed by atoms with Gasteiger partial charge in [0.2, 0.25) is 0 Å². The lowest BCUT2D eigenvalue weighted by atomic mass is 9.94. The monoisotopic (exact) mass is 316 g/mol. The van der Waals surface area contributed by atoms with E-state index < -0.39 is 0 Å². The molecule has 0 unspecified atom stereocenters. The van der Waals surface area contributed by atoms with Crippen molar-refractivity contribution < 1.29 is 9.47 Å². The number of nitrogens with zero attached hydrogens (tertiary/aromatic N) is 2. The summed E-state index contributed by atoms with van der Waals surface area (Å²) in [6, 6.07) is 12.0. The molecule has 24 heavy (non-hydrogen) atoms. The molecule has 0 fully saturated rings. The number of fused-ring (bicyclic) bond motifs is 2. The summed E-state index contributed by atoms with van der Waals surface area (Å²) < 4.78 is 11.3. The molecule has 4 heteroatoms. The summed E-state index contributed by atoms with van der Waals surface area (Å²) in [6.07, 6.45) is 7.31. The summed E-state index contributed by atoms with van der Waals surface area (Å²) in [5, 5.41) is 4.24. The number of hydrogen-bond acceptors (Lipinski definition) is 4. The normalized spacial score (nSPS) is 10.9. The van der Waals surface area contributed by atoms with Crippen LogP contribution in [0.4, 0.5) is 0 Å². The number of benzene rings is 2. The number of hydrogen-bond donors (Lipinski definition) is 0. The summed E-state index contributed by atoms with van der Waals surface area (Å²) in [5.41, 5.74) is 1.94. The average molecular weight is 316 g/mol. The molecular weight excluding hydrogens is 300 g/mol. The second kappa shape index (κ2) is 5.81. The zero-order valence-corrected chi connectivity index (χ0v) is 13.5. The van der Waals surface area contributed by atoms with Crippen LogP contribution in [0.3, 0.4) is 0 Å². The van der Waals surface area contributed by atoms with Crippen LogP contribution < -0.4 is 9.47 Å². The van der Waals surface area contributed by atoms with Gasteiger partial charge in [-0.1, -0.05) is 12.1 Å². The topological polar surface area (TPSA) is 44.2 Å². The smallest absolute Gasteiger partial charge is 0.127 e. The minimum atomic E-state index is 0.783. The summed E-state index contributed by atoms with van der Waals surface area (Å²) >= 11 is 0. The van der Waals surface area contributed by atoms with Gasteiger partial charge >= 0.3 is 0 Å². The van der Waals surface area contributed by atoms with E-state index in [1.54, 1.807) is 26.6 Å². The van der Waals surface area contributed by atoms with Gasteiger partial charge in [-0.2, -0.15) is 0 Å². The first-order valence-electron chi connectivity index (χ1n) is 7.65. The third kappa shape index (κ3) is 2.15. The molecule has 2 heterocycles. The standard InChI is InChI=1S/C20H16N2O2/c1-23-17-5-3-13-7-9-21-11-15(13)19(17)20-16-12-22-10-8-14(16)4-6-18(20)24-2/h3-12H,1-2H3. The van der Waals surface area contributed by atoms with Crippen LogP contribution >= 0.6 is 0 Å². The Morgan fingerprint density at radius 1 is 0.625 bits per heavy atom. The maximum absolute atomic E-state index is 5.65. The van der Waals surface area contributed by atoms with E-state index in [-0.39, 0.29) is 0 Å². The second-order valence-corrected chi connectivity index (χ2v) is 5.48. The fraction of sp³-hybridized carbons (Fsp3) is 0.100. The molecule has 0 radical (unpaired) electrons. The van der Waals surface area contributed by atoms with Crippen LogP contribution in [-0.4, -0.2) is 24.2 Å². The molecule has 0 aliphatic carbocycles. The van der Waals surface area contributed by atoms with Crippen molar-refractivity contribution in [1.82, 2.24) is 9.97 Å². The molecule has 118 valence electrons. The van der Waals surface area contributed by atoms with Crippen molar-refractivity contribution in [3.05, 3.63) is 61.2 Å². The number of pyridine rings is 2. The van der Waals surface area contributed by atoms with Crippen molar-refractivity contribution in [2.75, 3.05) is 14.2 Å². The largest absolute Gasteiger partial charge is 0.496 e. The average Bonchev–Trinajstić information content (AvgIpc) is 2.66. The van der Waals surface area contributed by atoms with Crippen LogP contribution in [0.2, 0.25) is 0 Å². The van der Waals surface area contributed by atoms with Gasteiger partial charge in [0.25, 0.3) is 0 Å². The third-order valence-corrected chi connectivity index (χ3v) is 4.26. The second-order valence-electron chi connectivity index (χ2n) is 5.48. The molecule has 0 saturated carbocycles. The molecule has 4 nitrogen and oxygen atoms in total. The lowest BCUT2D eigenvalue weighted by molar-refractivity contribution is 0.411. The lowest BCUT2D eigenvalue weighted by Gasteiger charge is -2.17. The van der Waals surface area contributed by atoms with Gasteiger partial charge in [-0.05, 0) is 35.0 Å². The van der Waals surface area contributed by atoms with Crippen molar-refractivity contribution >= 4 is 21.5 Å². The number of aromatic nitrogens is 2. The van der Waals surface area contributed by atoms with Crippen molar-refractivity contribution in [2.24, 2.45) is 0 Å². The Balaban J connectivity index is 2.21. The Morgan fingerprint density at radius 3 is 1.50 bits per heavy atom. The highest BCUT2D eigenvalue weighted by atomic mass is 16.5. The number of ether oxygens (including phenoxy) is 2. The van der Waals surface area contributed by atoms with Crippen LogP contribution in [0, 0.1) is 0 Å². The first kappa shape index (κ1) is 14.5. The van der Waals surface area contributed by atoms with E-state index in [4.69, 9.17) is 9.47 Å². The van der Waals surface area contributed by atoms with Gasteiger partial charge in [0.15, 0.2) is 0 Å². The molecule has 0 amide bonds. The van der Waals surface area contributed by atoms with Crippen molar-refractivity contribution in [2.45, 2.75) is 0 Å². The predicted octanol–water partition coefficient (Wildman–Crippen LogP) is 4.47. The first-order chi connectivity index (χ1) is 11.8. The highest BCUT2D eigenvalue weighted by molar-refractivity contribution is 6.09. The molecule has 4 aromatic rings. The summed E-state index contributed by atoms with van der Waals surface area (Å²) in [7, 11) is 3.35. The Bertz CT molecular complexity index is 959. The van der Waals surface area contributed by atoms with Crippen molar-refractivity contribution in [3.8, 4) is 22.6 Å². The van der Waals surface area contributed by atoms with Crippen LogP contribution in [0.15, 0.2) is 61.2 Å². The highest BCUT2D eigenvalue weighted by Crippen LogP contribution is 2.44. The van der Waals surface area contributed by atoms with E-state index in [0.29, 0.717) is 0 Å². The van der Waals surface area contributed by atoms with Gasteiger partial charge in [0.1, 0.15) is 11.5 Å². The van der Waals surface area contributed by atoms with E-state index in [2.05, 4.69) is 9.97 Å². The molecule has 0 saturated heterocycles. The fourth-order valence-corrected chi connectivity index (χ4v) is 3.14. The van der Waals surface area contributed by atoms with Crippen LogP contribution in [0.5, 0.6) is 11.5 Å². The minimum absolute atomic E-state index is 0.783. The highest BCUT2D eigenvalue weighted by Gasteiger charge is 2.18. The van der Waals surface area contributed by atoms with E-state index in [9.17, 15) is 0 Å². The van der Waals surface area contributed by atoms with E-state index in [1.165, 1.54) is 0 Å². The zero-order valence-electron chi connectivity index (χ0n) is 13.5. The Morgan fingerprint density at radius 2 is 1.08 bits per heavy atom. The van der Waals surface area contributed by atoms with Crippen molar-refractivity contribution in [3.63, 3.8) is 0 Å². The molecule has 0 aliphatic heterocycles. The van der Waals surface area contributed by atoms with Gasteiger partial charge in [-0.3, -0.25) is 9.97 Å². The zero-order chi connectivity index (χ0) is 16.5. The van der Waals surface area contributed by atoms with Gasteiger partial charge in [0.05, 0.1) is 14.2 Å². The van der Waals surface area contributed by atoms with E-state index in [1.807, 2.05) is 48.8 Å². The Hall–Kier alpha value is -3.14. The maximum atomic E-state index is 5.65. The summed E-state index contributed by atoms with van der Waals surface area (Å²) in [5.74, 6) is 1.57. The van der Waals surface area contributed by atoms with Gasteiger partial charge in [-0.15, -0.1) is 0 Å². The molecule has 0 spiro atoms. The summed E-state index contributed by atoms with van der Waals surface area (Å²) in [6.45, 7) is 0. The van der Waals surface area contributed by atoms with Crippen LogP contribution in [0.25, 0.3) is 32.7 Å². The van der Waals surface area contributed by atoms with Gasteiger partial charge < -0.3 is 9.47 Å². The molecule has 0 aliphatic rings. The van der Waals surface area contributed by atoms with E-state index >= 15 is 0 Å². The molecule has 2 aromatic heterocycles. The lowest BCUT2D eigenvalue weighted by Crippen LogP contribution is -1.95. The molecule has 0 bridgehead atoms. The summed E-state index contributed by atoms with van der Waals surface area (Å²) in [4.78, 5) is 8.60. The SMILES string of the molecule is COc1ccc2ccncc2c1-c1c(OC)ccc2ccncc12. The fourth-order valence-electron chi connectivity index (χ4n) is 3.14. The number of methoxy groups -OCH3 is 2. The minimum Gasteiger partial charge on any atom is -0.496 e.